The molecular weight excluding hydrogens is 270 g/mol. The SMILES string of the molecule is CCCNc1nc(OCC)nc(-c2cnnn2CCC)n1. The van der Waals surface area contributed by atoms with Crippen molar-refractivity contribution in [3.05, 3.63) is 6.20 Å². The summed E-state index contributed by atoms with van der Waals surface area (Å²) in [5, 5.41) is 11.1. The standard InChI is InChI=1S/C13H21N7O/c1-4-7-14-12-16-11(17-13(18-12)21-6-3)10-9-15-19-20(10)8-5-2/h9H,4-8H2,1-3H3,(H,14,16,17,18). The van der Waals surface area contributed by atoms with Gasteiger partial charge < -0.3 is 10.1 Å². The van der Waals surface area contributed by atoms with E-state index in [2.05, 4.69) is 44.4 Å². The summed E-state index contributed by atoms with van der Waals surface area (Å²) >= 11 is 0. The minimum atomic E-state index is 0.311. The summed E-state index contributed by atoms with van der Waals surface area (Å²) in [6.45, 7) is 8.12. The number of ether oxygens (including phenoxy) is 1. The van der Waals surface area contributed by atoms with Crippen LogP contribution >= 0.6 is 0 Å². The molecule has 0 radical (unpaired) electrons. The number of hydrogen-bond acceptors (Lipinski definition) is 7. The smallest absolute Gasteiger partial charge is 0.321 e. The summed E-state index contributed by atoms with van der Waals surface area (Å²) in [7, 11) is 0. The van der Waals surface area contributed by atoms with Crippen molar-refractivity contribution in [1.82, 2.24) is 29.9 Å². The summed E-state index contributed by atoms with van der Waals surface area (Å²) in [4.78, 5) is 13.0. The van der Waals surface area contributed by atoms with Gasteiger partial charge in [0.25, 0.3) is 0 Å². The van der Waals surface area contributed by atoms with Crippen LogP contribution in [0, 0.1) is 0 Å². The van der Waals surface area contributed by atoms with Crippen LogP contribution in [0.4, 0.5) is 5.95 Å². The van der Waals surface area contributed by atoms with Crippen LogP contribution in [0.15, 0.2) is 6.20 Å². The molecule has 0 bridgehead atoms. The van der Waals surface area contributed by atoms with Crippen molar-refractivity contribution in [2.75, 3.05) is 18.5 Å². The number of aromatic nitrogens is 6. The van der Waals surface area contributed by atoms with Gasteiger partial charge in [-0.15, -0.1) is 5.10 Å². The van der Waals surface area contributed by atoms with Crippen LogP contribution in [-0.4, -0.2) is 43.1 Å². The fraction of sp³-hybridized carbons (Fsp3) is 0.615. The van der Waals surface area contributed by atoms with Crippen molar-refractivity contribution < 1.29 is 4.74 Å². The summed E-state index contributed by atoms with van der Waals surface area (Å²) in [6.07, 6.45) is 3.60. The Hall–Kier alpha value is -2.25. The quantitative estimate of drug-likeness (QED) is 0.792. The first kappa shape index (κ1) is 15.1. The van der Waals surface area contributed by atoms with Crippen molar-refractivity contribution in [2.45, 2.75) is 40.2 Å². The van der Waals surface area contributed by atoms with E-state index in [4.69, 9.17) is 4.74 Å². The first-order valence-electron chi connectivity index (χ1n) is 7.30. The topological polar surface area (TPSA) is 90.6 Å². The molecule has 0 fully saturated rings. The largest absolute Gasteiger partial charge is 0.464 e. The Morgan fingerprint density at radius 1 is 1.14 bits per heavy atom. The molecule has 0 aliphatic carbocycles. The van der Waals surface area contributed by atoms with E-state index in [0.717, 1.165) is 31.6 Å². The first-order valence-corrected chi connectivity index (χ1v) is 7.30. The van der Waals surface area contributed by atoms with Crippen LogP contribution in [0.25, 0.3) is 11.5 Å². The predicted molar refractivity (Wildman–Crippen MR) is 79.1 cm³/mol. The summed E-state index contributed by atoms with van der Waals surface area (Å²) in [5.41, 5.74) is 0.764. The van der Waals surface area contributed by atoms with Crippen molar-refractivity contribution >= 4 is 5.95 Å². The van der Waals surface area contributed by atoms with Gasteiger partial charge in [0.15, 0.2) is 5.82 Å². The Morgan fingerprint density at radius 3 is 2.71 bits per heavy atom. The van der Waals surface area contributed by atoms with Gasteiger partial charge in [-0.25, -0.2) is 4.68 Å². The third kappa shape index (κ3) is 3.87. The van der Waals surface area contributed by atoms with E-state index < -0.39 is 0 Å². The molecule has 0 atom stereocenters. The number of nitrogens with one attached hydrogen (secondary N) is 1. The molecule has 0 saturated heterocycles. The lowest BCUT2D eigenvalue weighted by molar-refractivity contribution is 0.312. The Bertz CT molecular complexity index is 569. The van der Waals surface area contributed by atoms with Crippen LogP contribution in [0.2, 0.25) is 0 Å². The van der Waals surface area contributed by atoms with Crippen molar-refractivity contribution in [3.8, 4) is 17.5 Å². The monoisotopic (exact) mass is 291 g/mol. The van der Waals surface area contributed by atoms with Gasteiger partial charge in [-0.3, -0.25) is 0 Å². The Labute approximate surface area is 124 Å². The van der Waals surface area contributed by atoms with Gasteiger partial charge in [-0.05, 0) is 19.8 Å². The number of hydrogen-bond donors (Lipinski definition) is 1. The van der Waals surface area contributed by atoms with Gasteiger partial charge >= 0.3 is 6.01 Å². The first-order chi connectivity index (χ1) is 10.3. The molecule has 0 saturated carbocycles. The highest BCUT2D eigenvalue weighted by Gasteiger charge is 2.13. The summed E-state index contributed by atoms with van der Waals surface area (Å²) in [6, 6.07) is 0.311. The molecule has 0 amide bonds. The number of nitrogens with zero attached hydrogens (tertiary/aromatic N) is 6. The number of rotatable bonds is 8. The highest BCUT2D eigenvalue weighted by atomic mass is 16.5. The number of anilines is 1. The Balaban J connectivity index is 2.36. The molecule has 0 aliphatic heterocycles. The highest BCUT2D eigenvalue weighted by Crippen LogP contribution is 2.18. The predicted octanol–water partition coefficient (Wildman–Crippen LogP) is 1.76. The minimum Gasteiger partial charge on any atom is -0.464 e. The van der Waals surface area contributed by atoms with E-state index in [1.54, 1.807) is 10.9 Å². The fourth-order valence-electron chi connectivity index (χ4n) is 1.79. The molecule has 1 N–H and O–H groups in total. The van der Waals surface area contributed by atoms with Gasteiger partial charge in [0.1, 0.15) is 5.69 Å². The van der Waals surface area contributed by atoms with Crippen LogP contribution in [-0.2, 0) is 6.54 Å². The molecular formula is C13H21N7O. The molecule has 21 heavy (non-hydrogen) atoms. The molecule has 0 aliphatic rings. The molecule has 0 aromatic carbocycles. The third-order valence-electron chi connectivity index (χ3n) is 2.70. The van der Waals surface area contributed by atoms with Gasteiger partial charge in [0.2, 0.25) is 5.95 Å². The normalized spacial score (nSPS) is 10.6. The maximum atomic E-state index is 5.41. The van der Waals surface area contributed by atoms with Crippen molar-refractivity contribution in [2.24, 2.45) is 0 Å². The fourth-order valence-corrected chi connectivity index (χ4v) is 1.79. The second-order valence-corrected chi connectivity index (χ2v) is 4.47. The highest BCUT2D eigenvalue weighted by molar-refractivity contribution is 5.50. The van der Waals surface area contributed by atoms with E-state index in [9.17, 15) is 0 Å². The average molecular weight is 291 g/mol. The minimum absolute atomic E-state index is 0.311. The lowest BCUT2D eigenvalue weighted by Gasteiger charge is -2.09. The Morgan fingerprint density at radius 2 is 2.00 bits per heavy atom. The number of aryl methyl sites for hydroxylation is 1. The van der Waals surface area contributed by atoms with Gasteiger partial charge in [0, 0.05) is 13.1 Å². The zero-order valence-electron chi connectivity index (χ0n) is 12.7. The summed E-state index contributed by atoms with van der Waals surface area (Å²) < 4.78 is 7.20. The maximum Gasteiger partial charge on any atom is 0.321 e. The second kappa shape index (κ2) is 7.51. The van der Waals surface area contributed by atoms with Gasteiger partial charge in [0.05, 0.1) is 12.8 Å². The molecule has 2 aromatic heterocycles. The van der Waals surface area contributed by atoms with E-state index in [-0.39, 0.29) is 0 Å². The van der Waals surface area contributed by atoms with Crippen LogP contribution in [0.1, 0.15) is 33.6 Å². The molecule has 2 aromatic rings. The third-order valence-corrected chi connectivity index (χ3v) is 2.70. The Kier molecular flexibility index (Phi) is 5.42. The van der Waals surface area contributed by atoms with E-state index in [0.29, 0.717) is 24.4 Å². The van der Waals surface area contributed by atoms with E-state index in [1.165, 1.54) is 0 Å². The van der Waals surface area contributed by atoms with Crippen LogP contribution < -0.4 is 10.1 Å². The van der Waals surface area contributed by atoms with E-state index in [1.807, 2.05) is 6.92 Å². The average Bonchev–Trinajstić information content (AvgIpc) is 2.94. The lowest BCUT2D eigenvalue weighted by atomic mass is 10.4. The molecule has 2 heterocycles. The molecule has 0 unspecified atom stereocenters. The van der Waals surface area contributed by atoms with Crippen molar-refractivity contribution in [3.63, 3.8) is 0 Å². The van der Waals surface area contributed by atoms with Gasteiger partial charge in [-0.1, -0.05) is 19.1 Å². The maximum absolute atomic E-state index is 5.41. The van der Waals surface area contributed by atoms with Crippen LogP contribution in [0.3, 0.4) is 0 Å². The summed E-state index contributed by atoms with van der Waals surface area (Å²) in [5.74, 6) is 1.03. The lowest BCUT2D eigenvalue weighted by Crippen LogP contribution is -2.10. The molecule has 8 nitrogen and oxygen atoms in total. The molecule has 114 valence electrons. The van der Waals surface area contributed by atoms with Crippen molar-refractivity contribution in [1.29, 1.82) is 0 Å². The zero-order chi connectivity index (χ0) is 15.1. The second-order valence-electron chi connectivity index (χ2n) is 4.47. The van der Waals surface area contributed by atoms with E-state index >= 15 is 0 Å². The molecule has 2 rings (SSSR count). The zero-order valence-corrected chi connectivity index (χ0v) is 12.7. The van der Waals surface area contributed by atoms with Crippen LogP contribution in [0.5, 0.6) is 6.01 Å². The molecule has 8 heteroatoms. The van der Waals surface area contributed by atoms with Gasteiger partial charge in [-0.2, -0.15) is 15.0 Å². The molecule has 0 spiro atoms.